The summed E-state index contributed by atoms with van der Waals surface area (Å²) in [6.07, 6.45) is 5.01. The number of aromatic nitrogens is 3. The summed E-state index contributed by atoms with van der Waals surface area (Å²) in [5.41, 5.74) is 0.884. The summed E-state index contributed by atoms with van der Waals surface area (Å²) in [7, 11) is -3.16. The van der Waals surface area contributed by atoms with Crippen molar-refractivity contribution in [2.45, 2.75) is 32.4 Å². The number of sulfonamides is 1. The quantitative estimate of drug-likeness (QED) is 0.766. The predicted molar refractivity (Wildman–Crippen MR) is 71.8 cm³/mol. The molecule has 1 fully saturated rings. The van der Waals surface area contributed by atoms with Gasteiger partial charge in [0.15, 0.2) is 0 Å². The molecule has 1 aliphatic heterocycles. The van der Waals surface area contributed by atoms with E-state index >= 15 is 0 Å². The number of rotatable bonds is 6. The molecule has 1 aromatic heterocycles. The minimum Gasteiger partial charge on any atom is -0.295 e. The zero-order valence-corrected chi connectivity index (χ0v) is 12.2. The number of nitrogens with one attached hydrogen (secondary N) is 2. The first-order chi connectivity index (χ1) is 8.98. The summed E-state index contributed by atoms with van der Waals surface area (Å²) in [5, 5.41) is 10.4. The second-order valence-corrected chi connectivity index (χ2v) is 6.98. The summed E-state index contributed by atoms with van der Waals surface area (Å²) >= 11 is 0. The second kappa shape index (κ2) is 5.98. The van der Waals surface area contributed by atoms with E-state index in [1.165, 1.54) is 6.26 Å². The van der Waals surface area contributed by atoms with Gasteiger partial charge in [0.1, 0.15) is 0 Å². The minimum absolute atomic E-state index is 0.00171. The molecule has 0 radical (unpaired) electrons. The molecular weight excluding hydrogens is 266 g/mol. The maximum Gasteiger partial charge on any atom is 0.209 e. The van der Waals surface area contributed by atoms with Crippen LogP contribution in [0.4, 0.5) is 0 Å². The van der Waals surface area contributed by atoms with Crippen LogP contribution in [0.3, 0.4) is 0 Å². The van der Waals surface area contributed by atoms with Crippen LogP contribution in [0.5, 0.6) is 0 Å². The van der Waals surface area contributed by atoms with Crippen molar-refractivity contribution in [3.8, 4) is 0 Å². The van der Waals surface area contributed by atoms with Crippen LogP contribution in [0.15, 0.2) is 6.20 Å². The normalized spacial score (nSPS) is 24.9. The third-order valence-electron chi connectivity index (χ3n) is 3.39. The summed E-state index contributed by atoms with van der Waals surface area (Å²) < 4.78 is 25.6. The molecule has 1 aliphatic rings. The molecule has 19 heavy (non-hydrogen) atoms. The van der Waals surface area contributed by atoms with Crippen molar-refractivity contribution in [2.75, 3.05) is 19.3 Å². The van der Waals surface area contributed by atoms with E-state index in [1.54, 1.807) is 6.20 Å². The van der Waals surface area contributed by atoms with Crippen molar-refractivity contribution in [3.63, 3.8) is 0 Å². The van der Waals surface area contributed by atoms with Gasteiger partial charge in [-0.1, -0.05) is 13.3 Å². The molecule has 2 heterocycles. The highest BCUT2D eigenvalue weighted by atomic mass is 32.2. The fraction of sp³-hybridized carbons (Fsp3) is 0.818. The van der Waals surface area contributed by atoms with Crippen LogP contribution >= 0.6 is 0 Å². The van der Waals surface area contributed by atoms with Crippen molar-refractivity contribution in [1.29, 1.82) is 0 Å². The molecule has 0 saturated carbocycles. The van der Waals surface area contributed by atoms with Crippen molar-refractivity contribution < 1.29 is 8.42 Å². The van der Waals surface area contributed by atoms with Gasteiger partial charge < -0.3 is 0 Å². The summed E-state index contributed by atoms with van der Waals surface area (Å²) in [5.74, 6) is 0.367. The lowest BCUT2D eigenvalue weighted by Gasteiger charge is -2.17. The van der Waals surface area contributed by atoms with E-state index in [2.05, 4.69) is 32.0 Å². The number of hydrogen-bond donors (Lipinski definition) is 2. The van der Waals surface area contributed by atoms with Gasteiger partial charge in [0.05, 0.1) is 18.1 Å². The second-order valence-electron chi connectivity index (χ2n) is 5.20. The van der Waals surface area contributed by atoms with E-state index in [0.29, 0.717) is 12.5 Å². The Bertz CT molecular complexity index is 487. The summed E-state index contributed by atoms with van der Waals surface area (Å²) in [4.78, 5) is 2.22. The third-order valence-corrected chi connectivity index (χ3v) is 4.12. The summed E-state index contributed by atoms with van der Waals surface area (Å²) in [6, 6.07) is 0.00171. The maximum absolute atomic E-state index is 11.4. The van der Waals surface area contributed by atoms with Crippen LogP contribution in [-0.2, 0) is 16.6 Å². The van der Waals surface area contributed by atoms with Crippen LogP contribution < -0.4 is 4.72 Å². The number of nitrogens with zero attached hydrogens (tertiary/aromatic N) is 3. The monoisotopic (exact) mass is 287 g/mol. The molecule has 0 amide bonds. The fourth-order valence-corrected chi connectivity index (χ4v) is 3.51. The molecule has 7 nitrogen and oxygen atoms in total. The Kier molecular flexibility index (Phi) is 4.54. The Labute approximate surface area is 113 Å². The minimum atomic E-state index is -3.16. The largest absolute Gasteiger partial charge is 0.295 e. The Morgan fingerprint density at radius 1 is 1.53 bits per heavy atom. The fourth-order valence-electron chi connectivity index (χ4n) is 2.69. The molecule has 108 valence electrons. The number of H-pyrrole nitrogens is 1. The van der Waals surface area contributed by atoms with Gasteiger partial charge in [-0.25, -0.2) is 13.1 Å². The Hall–Kier alpha value is -0.990. The highest BCUT2D eigenvalue weighted by Gasteiger charge is 2.33. The molecule has 8 heteroatoms. The highest BCUT2D eigenvalue weighted by Crippen LogP contribution is 2.23. The maximum atomic E-state index is 11.4. The van der Waals surface area contributed by atoms with Crippen molar-refractivity contribution >= 4 is 10.0 Å². The molecule has 1 aromatic rings. The molecule has 1 saturated heterocycles. The first-order valence-electron chi connectivity index (χ1n) is 6.52. The van der Waals surface area contributed by atoms with E-state index in [0.717, 1.165) is 31.6 Å². The molecular formula is C11H21N5O2S. The van der Waals surface area contributed by atoms with Crippen molar-refractivity contribution in [2.24, 2.45) is 5.92 Å². The van der Waals surface area contributed by atoms with Crippen LogP contribution in [0.2, 0.25) is 0 Å². The Morgan fingerprint density at radius 3 is 2.89 bits per heavy atom. The average molecular weight is 287 g/mol. The summed E-state index contributed by atoms with van der Waals surface area (Å²) in [6.45, 7) is 4.45. The SMILES string of the molecule is CCC[C@@H]1CN(Cc2cn[nH]n2)C[C@H]1NS(C)(=O)=O. The molecule has 2 rings (SSSR count). The van der Waals surface area contributed by atoms with Gasteiger partial charge in [-0.05, 0) is 12.3 Å². The number of likely N-dealkylation sites (tertiary alicyclic amines) is 1. The van der Waals surface area contributed by atoms with Crippen LogP contribution in [0.1, 0.15) is 25.5 Å². The first-order valence-corrected chi connectivity index (χ1v) is 8.41. The zero-order chi connectivity index (χ0) is 13.9. The standard InChI is InChI=1S/C11H21N5O2S/c1-3-4-9-6-16(7-10-5-12-15-13-10)8-11(9)14-19(2,17)18/h5,9,11,14H,3-4,6-8H2,1-2H3,(H,12,13,15)/t9-,11-/m1/s1. The highest BCUT2D eigenvalue weighted by molar-refractivity contribution is 7.88. The lowest BCUT2D eigenvalue weighted by Crippen LogP contribution is -2.39. The lowest BCUT2D eigenvalue weighted by atomic mass is 9.99. The van der Waals surface area contributed by atoms with Gasteiger partial charge in [0, 0.05) is 25.7 Å². The van der Waals surface area contributed by atoms with Gasteiger partial charge in [0.2, 0.25) is 10.0 Å². The predicted octanol–water partition coefficient (Wildman–Crippen LogP) is -0.0456. The van der Waals surface area contributed by atoms with Gasteiger partial charge in [-0.2, -0.15) is 15.4 Å². The van der Waals surface area contributed by atoms with Gasteiger partial charge in [-0.15, -0.1) is 0 Å². The van der Waals surface area contributed by atoms with E-state index < -0.39 is 10.0 Å². The van der Waals surface area contributed by atoms with Crippen molar-refractivity contribution in [1.82, 2.24) is 25.0 Å². The van der Waals surface area contributed by atoms with Crippen LogP contribution in [0.25, 0.3) is 0 Å². The van der Waals surface area contributed by atoms with E-state index in [1.807, 2.05) is 0 Å². The van der Waals surface area contributed by atoms with E-state index in [9.17, 15) is 8.42 Å². The zero-order valence-electron chi connectivity index (χ0n) is 11.3. The number of aromatic amines is 1. The average Bonchev–Trinajstić information content (AvgIpc) is 2.89. The molecule has 0 bridgehead atoms. The van der Waals surface area contributed by atoms with Crippen LogP contribution in [0, 0.1) is 5.92 Å². The molecule has 2 N–H and O–H groups in total. The van der Waals surface area contributed by atoms with E-state index in [-0.39, 0.29) is 6.04 Å². The first kappa shape index (κ1) is 14.4. The van der Waals surface area contributed by atoms with Crippen molar-refractivity contribution in [3.05, 3.63) is 11.9 Å². The molecule has 0 aromatic carbocycles. The molecule has 0 spiro atoms. The smallest absolute Gasteiger partial charge is 0.209 e. The Morgan fingerprint density at radius 2 is 2.32 bits per heavy atom. The topological polar surface area (TPSA) is 91.0 Å². The third kappa shape index (κ3) is 4.26. The van der Waals surface area contributed by atoms with Gasteiger partial charge in [-0.3, -0.25) is 4.90 Å². The van der Waals surface area contributed by atoms with Crippen LogP contribution in [-0.4, -0.2) is 54.1 Å². The Balaban J connectivity index is 1.98. The van der Waals surface area contributed by atoms with E-state index in [4.69, 9.17) is 0 Å². The van der Waals surface area contributed by atoms with Gasteiger partial charge in [0.25, 0.3) is 0 Å². The molecule has 0 unspecified atom stereocenters. The molecule has 2 atom stereocenters. The van der Waals surface area contributed by atoms with Gasteiger partial charge >= 0.3 is 0 Å². The number of hydrogen-bond acceptors (Lipinski definition) is 5. The lowest BCUT2D eigenvalue weighted by molar-refractivity contribution is 0.308. The molecule has 0 aliphatic carbocycles.